The van der Waals surface area contributed by atoms with Gasteiger partial charge in [-0.2, -0.15) is 5.10 Å². The molecule has 0 atom stereocenters. The zero-order valence-corrected chi connectivity index (χ0v) is 11.8. The Morgan fingerprint density at radius 2 is 2.32 bits per heavy atom. The van der Waals surface area contributed by atoms with Crippen molar-refractivity contribution in [2.24, 2.45) is 0 Å². The molecule has 6 heteroatoms. The maximum atomic E-state index is 11.6. The SMILES string of the molecule is CCOC(=O)c1cnn(-c2cc(Br)ccc2C=O)c1. The fourth-order valence-electron chi connectivity index (χ4n) is 1.59. The lowest BCUT2D eigenvalue weighted by molar-refractivity contribution is 0.0526. The molecule has 1 aromatic carbocycles. The number of benzene rings is 1. The van der Waals surface area contributed by atoms with Gasteiger partial charge in [0, 0.05) is 16.2 Å². The van der Waals surface area contributed by atoms with Crippen molar-refractivity contribution in [2.45, 2.75) is 6.92 Å². The van der Waals surface area contributed by atoms with E-state index in [2.05, 4.69) is 21.0 Å². The summed E-state index contributed by atoms with van der Waals surface area (Å²) in [6.45, 7) is 2.04. The summed E-state index contributed by atoms with van der Waals surface area (Å²) in [4.78, 5) is 22.6. The van der Waals surface area contributed by atoms with Crippen LogP contribution in [-0.4, -0.2) is 28.6 Å². The van der Waals surface area contributed by atoms with Gasteiger partial charge in [-0.05, 0) is 25.1 Å². The van der Waals surface area contributed by atoms with Crippen LogP contribution in [0.15, 0.2) is 35.1 Å². The third-order valence-electron chi connectivity index (χ3n) is 2.46. The number of aromatic nitrogens is 2. The number of carbonyl (C=O) groups excluding carboxylic acids is 2. The lowest BCUT2D eigenvalue weighted by Gasteiger charge is -2.05. The minimum Gasteiger partial charge on any atom is -0.462 e. The van der Waals surface area contributed by atoms with E-state index in [9.17, 15) is 9.59 Å². The Kier molecular flexibility index (Phi) is 4.11. The fraction of sp³-hybridized carbons (Fsp3) is 0.154. The molecule has 0 N–H and O–H groups in total. The second-order valence-electron chi connectivity index (χ2n) is 3.72. The average Bonchev–Trinajstić information content (AvgIpc) is 2.88. The molecule has 0 radical (unpaired) electrons. The highest BCUT2D eigenvalue weighted by Gasteiger charge is 2.12. The smallest absolute Gasteiger partial charge is 0.341 e. The Labute approximate surface area is 118 Å². The number of esters is 1. The van der Waals surface area contributed by atoms with Crippen molar-refractivity contribution in [1.29, 1.82) is 0 Å². The molecular formula is C13H11BrN2O3. The summed E-state index contributed by atoms with van der Waals surface area (Å²) in [7, 11) is 0. The van der Waals surface area contributed by atoms with Gasteiger partial charge in [0.15, 0.2) is 6.29 Å². The molecule has 0 aliphatic rings. The predicted octanol–water partition coefficient (Wildman–Crippen LogP) is 2.62. The highest BCUT2D eigenvalue weighted by atomic mass is 79.9. The van der Waals surface area contributed by atoms with Crippen molar-refractivity contribution in [3.8, 4) is 5.69 Å². The van der Waals surface area contributed by atoms with Gasteiger partial charge in [0.2, 0.25) is 0 Å². The van der Waals surface area contributed by atoms with E-state index < -0.39 is 5.97 Å². The van der Waals surface area contributed by atoms with Crippen molar-refractivity contribution in [3.05, 3.63) is 46.2 Å². The van der Waals surface area contributed by atoms with Crippen molar-refractivity contribution in [2.75, 3.05) is 6.61 Å². The number of hydrogen-bond acceptors (Lipinski definition) is 4. The molecule has 2 aromatic rings. The fourth-order valence-corrected chi connectivity index (χ4v) is 1.94. The van der Waals surface area contributed by atoms with E-state index in [0.29, 0.717) is 23.4 Å². The molecule has 0 aliphatic heterocycles. The number of ether oxygens (including phenoxy) is 1. The summed E-state index contributed by atoms with van der Waals surface area (Å²) in [6.07, 6.45) is 3.69. The van der Waals surface area contributed by atoms with Crippen molar-refractivity contribution >= 4 is 28.2 Å². The zero-order valence-electron chi connectivity index (χ0n) is 10.2. The van der Waals surface area contributed by atoms with Gasteiger partial charge in [-0.3, -0.25) is 4.79 Å². The van der Waals surface area contributed by atoms with E-state index >= 15 is 0 Å². The first-order valence-electron chi connectivity index (χ1n) is 5.62. The van der Waals surface area contributed by atoms with E-state index in [-0.39, 0.29) is 0 Å². The number of carbonyl (C=O) groups is 2. The van der Waals surface area contributed by atoms with Crippen LogP contribution >= 0.6 is 15.9 Å². The maximum absolute atomic E-state index is 11.6. The molecule has 19 heavy (non-hydrogen) atoms. The predicted molar refractivity (Wildman–Crippen MR) is 72.6 cm³/mol. The Morgan fingerprint density at radius 1 is 1.53 bits per heavy atom. The first-order valence-corrected chi connectivity index (χ1v) is 6.42. The van der Waals surface area contributed by atoms with E-state index in [0.717, 1.165) is 10.8 Å². The maximum Gasteiger partial charge on any atom is 0.341 e. The van der Waals surface area contributed by atoms with Crippen LogP contribution in [0.2, 0.25) is 0 Å². The van der Waals surface area contributed by atoms with Gasteiger partial charge in [0.05, 0.1) is 24.1 Å². The van der Waals surface area contributed by atoms with Crippen LogP contribution in [0.3, 0.4) is 0 Å². The number of nitrogens with zero attached hydrogens (tertiary/aromatic N) is 2. The molecule has 0 saturated carbocycles. The first-order chi connectivity index (χ1) is 9.15. The summed E-state index contributed by atoms with van der Waals surface area (Å²) < 4.78 is 7.18. The molecule has 5 nitrogen and oxygen atoms in total. The normalized spacial score (nSPS) is 10.2. The molecule has 0 amide bonds. The zero-order chi connectivity index (χ0) is 13.8. The van der Waals surface area contributed by atoms with Crippen molar-refractivity contribution in [1.82, 2.24) is 9.78 Å². The van der Waals surface area contributed by atoms with E-state index in [4.69, 9.17) is 4.74 Å². The van der Waals surface area contributed by atoms with Crippen LogP contribution in [-0.2, 0) is 4.74 Å². The van der Waals surface area contributed by atoms with Crippen LogP contribution in [0.4, 0.5) is 0 Å². The second kappa shape index (κ2) is 5.79. The molecule has 2 rings (SSSR count). The summed E-state index contributed by atoms with van der Waals surface area (Å²) in [5.74, 6) is -0.434. The van der Waals surface area contributed by atoms with E-state index in [1.54, 1.807) is 25.1 Å². The number of halogens is 1. The van der Waals surface area contributed by atoms with Gasteiger partial charge in [0.25, 0.3) is 0 Å². The Morgan fingerprint density at radius 3 is 3.00 bits per heavy atom. The summed E-state index contributed by atoms with van der Waals surface area (Å²) in [5, 5.41) is 4.08. The van der Waals surface area contributed by atoms with Gasteiger partial charge in [-0.1, -0.05) is 15.9 Å². The molecule has 0 aliphatic carbocycles. The number of aldehydes is 1. The van der Waals surface area contributed by atoms with Gasteiger partial charge in [-0.25, -0.2) is 9.48 Å². The van der Waals surface area contributed by atoms with Crippen LogP contribution in [0.25, 0.3) is 5.69 Å². The average molecular weight is 323 g/mol. The van der Waals surface area contributed by atoms with E-state index in [1.807, 2.05) is 0 Å². The molecule has 98 valence electrons. The third-order valence-corrected chi connectivity index (χ3v) is 2.95. The molecular weight excluding hydrogens is 312 g/mol. The Hall–Kier alpha value is -1.95. The number of rotatable bonds is 4. The molecule has 0 unspecified atom stereocenters. The van der Waals surface area contributed by atoms with Gasteiger partial charge in [0.1, 0.15) is 0 Å². The highest BCUT2D eigenvalue weighted by Crippen LogP contribution is 2.19. The summed E-state index contributed by atoms with van der Waals surface area (Å²) >= 11 is 3.33. The topological polar surface area (TPSA) is 61.2 Å². The highest BCUT2D eigenvalue weighted by molar-refractivity contribution is 9.10. The van der Waals surface area contributed by atoms with Gasteiger partial charge >= 0.3 is 5.97 Å². The van der Waals surface area contributed by atoms with E-state index in [1.165, 1.54) is 17.1 Å². The molecule has 0 saturated heterocycles. The molecule has 1 aromatic heterocycles. The van der Waals surface area contributed by atoms with Crippen LogP contribution in [0.5, 0.6) is 0 Å². The molecule has 1 heterocycles. The van der Waals surface area contributed by atoms with Crippen molar-refractivity contribution in [3.63, 3.8) is 0 Å². The quantitative estimate of drug-likeness (QED) is 0.641. The summed E-state index contributed by atoms with van der Waals surface area (Å²) in [6, 6.07) is 5.20. The molecule has 0 spiro atoms. The van der Waals surface area contributed by atoms with Gasteiger partial charge in [-0.15, -0.1) is 0 Å². The standard InChI is InChI=1S/C13H11BrN2O3/c1-2-19-13(18)10-6-15-16(7-10)12-5-11(14)4-3-9(12)8-17/h3-8H,2H2,1H3. The van der Waals surface area contributed by atoms with Gasteiger partial charge < -0.3 is 4.74 Å². The lowest BCUT2D eigenvalue weighted by atomic mass is 10.2. The molecule has 0 fully saturated rings. The molecule has 0 bridgehead atoms. The summed E-state index contributed by atoms with van der Waals surface area (Å²) in [5.41, 5.74) is 1.43. The second-order valence-corrected chi connectivity index (χ2v) is 4.63. The van der Waals surface area contributed by atoms with Crippen LogP contribution in [0.1, 0.15) is 27.6 Å². The minimum atomic E-state index is -0.434. The Balaban J connectivity index is 2.40. The van der Waals surface area contributed by atoms with Crippen LogP contribution in [0, 0.1) is 0 Å². The lowest BCUT2D eigenvalue weighted by Crippen LogP contribution is -2.03. The minimum absolute atomic E-state index is 0.306. The van der Waals surface area contributed by atoms with Crippen LogP contribution < -0.4 is 0 Å². The first kappa shape index (κ1) is 13.5. The Bertz CT molecular complexity index is 622. The van der Waals surface area contributed by atoms with Crippen molar-refractivity contribution < 1.29 is 14.3 Å². The largest absolute Gasteiger partial charge is 0.462 e. The monoisotopic (exact) mass is 322 g/mol. The third kappa shape index (κ3) is 2.90. The number of hydrogen-bond donors (Lipinski definition) is 0.